The Balaban J connectivity index is 1.96. The van der Waals surface area contributed by atoms with E-state index in [2.05, 4.69) is 29.4 Å². The fraction of sp³-hybridized carbons (Fsp3) is 0.562. The topological polar surface area (TPSA) is 44.4 Å². The Bertz CT molecular complexity index is 496. The van der Waals surface area contributed by atoms with Crippen LogP contribution in [0.15, 0.2) is 18.2 Å². The van der Waals surface area contributed by atoms with E-state index in [9.17, 15) is 9.18 Å². The van der Waals surface area contributed by atoms with E-state index >= 15 is 0 Å². The highest BCUT2D eigenvalue weighted by Gasteiger charge is 2.20. The third-order valence-corrected chi connectivity index (χ3v) is 3.91. The van der Waals surface area contributed by atoms with Gasteiger partial charge in [0, 0.05) is 37.8 Å². The number of nitrogens with zero attached hydrogens (tertiary/aromatic N) is 1. The Kier molecular flexibility index (Phi) is 5.17. The van der Waals surface area contributed by atoms with Crippen molar-refractivity contribution in [2.45, 2.75) is 45.7 Å². The summed E-state index contributed by atoms with van der Waals surface area (Å²) < 4.78 is 13.6. The molecule has 2 rings (SSSR count). The van der Waals surface area contributed by atoms with Crippen molar-refractivity contribution in [2.75, 3.05) is 23.7 Å². The molecule has 1 saturated heterocycles. The molecule has 1 heterocycles. The second-order valence-corrected chi connectivity index (χ2v) is 5.92. The van der Waals surface area contributed by atoms with Crippen LogP contribution in [-0.4, -0.2) is 36.0 Å². The van der Waals surface area contributed by atoms with Gasteiger partial charge in [-0.05, 0) is 44.9 Å². The van der Waals surface area contributed by atoms with Gasteiger partial charge in [-0.15, -0.1) is 0 Å². The highest BCUT2D eigenvalue weighted by Crippen LogP contribution is 2.23. The quantitative estimate of drug-likeness (QED) is 0.896. The van der Waals surface area contributed by atoms with Crippen molar-refractivity contribution in [1.82, 2.24) is 4.90 Å². The van der Waals surface area contributed by atoms with Gasteiger partial charge in [-0.2, -0.15) is 0 Å². The molecule has 0 bridgehead atoms. The molecule has 0 unspecified atom stereocenters. The maximum absolute atomic E-state index is 13.6. The number of nitrogens with one attached hydrogen (secondary N) is 2. The van der Waals surface area contributed by atoms with E-state index in [4.69, 9.17) is 0 Å². The number of anilines is 2. The van der Waals surface area contributed by atoms with E-state index in [1.54, 1.807) is 12.1 Å². The highest BCUT2D eigenvalue weighted by atomic mass is 19.1. The molecule has 1 amide bonds. The molecule has 116 valence electrons. The number of amides is 1. The molecule has 0 saturated carbocycles. The van der Waals surface area contributed by atoms with Crippen LogP contribution in [0.25, 0.3) is 0 Å². The van der Waals surface area contributed by atoms with Gasteiger partial charge >= 0.3 is 0 Å². The number of benzene rings is 1. The molecule has 4 nitrogen and oxygen atoms in total. The van der Waals surface area contributed by atoms with E-state index in [0.717, 1.165) is 31.6 Å². The Morgan fingerprint density at radius 3 is 2.57 bits per heavy atom. The number of carbonyl (C=O) groups is 1. The summed E-state index contributed by atoms with van der Waals surface area (Å²) in [5, 5.41) is 5.95. The van der Waals surface area contributed by atoms with Crippen LogP contribution in [0.5, 0.6) is 0 Å². The number of rotatable bonds is 4. The Morgan fingerprint density at radius 2 is 2.00 bits per heavy atom. The zero-order chi connectivity index (χ0) is 15.4. The molecule has 1 aromatic carbocycles. The van der Waals surface area contributed by atoms with E-state index in [-0.39, 0.29) is 11.6 Å². The summed E-state index contributed by atoms with van der Waals surface area (Å²) in [5.41, 5.74) is 1.08. The molecular weight excluding hydrogens is 269 g/mol. The minimum absolute atomic E-state index is 0.229. The standard InChI is InChI=1S/C16H24FN3O/c1-11(2)20-8-6-13(7-9-20)19-14-4-5-15(17)16(10-14)18-12(3)21/h4-5,10-11,13,19H,6-9H2,1-3H3,(H,18,21). The maximum atomic E-state index is 13.6. The largest absolute Gasteiger partial charge is 0.382 e. The number of carbonyl (C=O) groups excluding carboxylic acids is 1. The third-order valence-electron chi connectivity index (χ3n) is 3.91. The van der Waals surface area contributed by atoms with Crippen LogP contribution in [-0.2, 0) is 4.79 Å². The van der Waals surface area contributed by atoms with Crippen LogP contribution in [0, 0.1) is 5.82 Å². The van der Waals surface area contributed by atoms with Gasteiger partial charge in [0.15, 0.2) is 0 Å². The molecular formula is C16H24FN3O. The first-order chi connectivity index (χ1) is 9.95. The minimum Gasteiger partial charge on any atom is -0.382 e. The van der Waals surface area contributed by atoms with Gasteiger partial charge in [0.05, 0.1) is 5.69 Å². The molecule has 1 aliphatic rings. The van der Waals surface area contributed by atoms with Crippen LogP contribution in [0.4, 0.5) is 15.8 Å². The normalized spacial score (nSPS) is 17.0. The van der Waals surface area contributed by atoms with Crippen LogP contribution < -0.4 is 10.6 Å². The number of hydrogen-bond donors (Lipinski definition) is 2. The van der Waals surface area contributed by atoms with Crippen molar-refractivity contribution in [3.05, 3.63) is 24.0 Å². The minimum atomic E-state index is -0.412. The average molecular weight is 293 g/mol. The Labute approximate surface area is 125 Å². The number of piperidine rings is 1. The molecule has 0 radical (unpaired) electrons. The van der Waals surface area contributed by atoms with Crippen LogP contribution >= 0.6 is 0 Å². The van der Waals surface area contributed by atoms with Gasteiger partial charge in [0.25, 0.3) is 0 Å². The first kappa shape index (κ1) is 15.8. The van der Waals surface area contributed by atoms with Gasteiger partial charge in [-0.25, -0.2) is 4.39 Å². The lowest BCUT2D eigenvalue weighted by Crippen LogP contribution is -2.42. The lowest BCUT2D eigenvalue weighted by atomic mass is 10.0. The van der Waals surface area contributed by atoms with E-state index < -0.39 is 5.82 Å². The SMILES string of the molecule is CC(=O)Nc1cc(NC2CCN(C(C)C)CC2)ccc1F. The Hall–Kier alpha value is -1.62. The lowest BCUT2D eigenvalue weighted by molar-refractivity contribution is -0.114. The third kappa shape index (κ3) is 4.43. The smallest absolute Gasteiger partial charge is 0.221 e. The van der Waals surface area contributed by atoms with Crippen molar-refractivity contribution >= 4 is 17.3 Å². The summed E-state index contributed by atoms with van der Waals surface area (Å²) in [6.07, 6.45) is 2.15. The monoisotopic (exact) mass is 293 g/mol. The van der Waals surface area contributed by atoms with Gasteiger partial charge in [-0.3, -0.25) is 4.79 Å². The van der Waals surface area contributed by atoms with Gasteiger partial charge in [0.2, 0.25) is 5.91 Å². The predicted molar refractivity (Wildman–Crippen MR) is 84.1 cm³/mol. The first-order valence-corrected chi connectivity index (χ1v) is 7.53. The fourth-order valence-electron chi connectivity index (χ4n) is 2.70. The molecule has 0 aliphatic carbocycles. The summed E-state index contributed by atoms with van der Waals surface area (Å²) in [7, 11) is 0. The zero-order valence-electron chi connectivity index (χ0n) is 12.9. The number of hydrogen-bond acceptors (Lipinski definition) is 3. The molecule has 2 N–H and O–H groups in total. The molecule has 1 aliphatic heterocycles. The van der Waals surface area contributed by atoms with Crippen molar-refractivity contribution in [2.24, 2.45) is 0 Å². The first-order valence-electron chi connectivity index (χ1n) is 7.53. The van der Waals surface area contributed by atoms with Crippen molar-refractivity contribution < 1.29 is 9.18 Å². The van der Waals surface area contributed by atoms with E-state index in [1.807, 2.05) is 0 Å². The van der Waals surface area contributed by atoms with Gasteiger partial charge in [-0.1, -0.05) is 0 Å². The summed E-state index contributed by atoms with van der Waals surface area (Å²) in [6.45, 7) is 7.96. The molecule has 1 fully saturated rings. The molecule has 5 heteroatoms. The lowest BCUT2D eigenvalue weighted by Gasteiger charge is -2.35. The van der Waals surface area contributed by atoms with Crippen molar-refractivity contribution in [1.29, 1.82) is 0 Å². The summed E-state index contributed by atoms with van der Waals surface area (Å²) in [5.74, 6) is -0.679. The van der Waals surface area contributed by atoms with Gasteiger partial charge in [0.1, 0.15) is 5.82 Å². The second kappa shape index (κ2) is 6.89. The highest BCUT2D eigenvalue weighted by molar-refractivity contribution is 5.89. The molecule has 1 aromatic rings. The summed E-state index contributed by atoms with van der Waals surface area (Å²) in [4.78, 5) is 13.5. The second-order valence-electron chi connectivity index (χ2n) is 5.92. The van der Waals surface area contributed by atoms with E-state index in [1.165, 1.54) is 13.0 Å². The summed E-state index contributed by atoms with van der Waals surface area (Å²) >= 11 is 0. The zero-order valence-corrected chi connectivity index (χ0v) is 12.9. The Morgan fingerprint density at radius 1 is 1.33 bits per heavy atom. The predicted octanol–water partition coefficient (Wildman–Crippen LogP) is 3.07. The van der Waals surface area contributed by atoms with Gasteiger partial charge < -0.3 is 15.5 Å². The number of likely N-dealkylation sites (tertiary alicyclic amines) is 1. The van der Waals surface area contributed by atoms with Crippen LogP contribution in [0.1, 0.15) is 33.6 Å². The summed E-state index contributed by atoms with van der Waals surface area (Å²) in [6, 6.07) is 5.75. The van der Waals surface area contributed by atoms with Crippen LogP contribution in [0.3, 0.4) is 0 Å². The van der Waals surface area contributed by atoms with Crippen molar-refractivity contribution in [3.63, 3.8) is 0 Å². The maximum Gasteiger partial charge on any atom is 0.221 e. The average Bonchev–Trinajstić information content (AvgIpc) is 2.42. The fourth-order valence-corrected chi connectivity index (χ4v) is 2.70. The molecule has 0 atom stereocenters. The van der Waals surface area contributed by atoms with Crippen LogP contribution in [0.2, 0.25) is 0 Å². The molecule has 0 aromatic heterocycles. The molecule has 0 spiro atoms. The molecule has 21 heavy (non-hydrogen) atoms. The van der Waals surface area contributed by atoms with E-state index in [0.29, 0.717) is 12.1 Å². The van der Waals surface area contributed by atoms with Crippen molar-refractivity contribution in [3.8, 4) is 0 Å². The number of halogens is 1.